The van der Waals surface area contributed by atoms with Gasteiger partial charge < -0.3 is 0 Å². The normalized spacial score (nSPS) is 18.3. The Hall–Kier alpha value is 0.730. The summed E-state index contributed by atoms with van der Waals surface area (Å²) in [6.45, 7) is 6.62. The van der Waals surface area contributed by atoms with Gasteiger partial charge in [0.1, 0.15) is 0 Å². The van der Waals surface area contributed by atoms with Crippen LogP contribution in [0.1, 0.15) is 40.0 Å². The highest BCUT2D eigenvalue weighted by Gasteiger charge is 2.09. The Morgan fingerprint density at radius 1 is 1.33 bits per heavy atom. The van der Waals surface area contributed by atoms with Crippen molar-refractivity contribution in [3.05, 3.63) is 0 Å². The van der Waals surface area contributed by atoms with Gasteiger partial charge in [-0.15, -0.1) is 0 Å². The summed E-state index contributed by atoms with van der Waals surface area (Å²) in [6, 6.07) is 0. The zero-order chi connectivity index (χ0) is 7.28. The lowest BCUT2D eigenvalue weighted by atomic mass is 9.88. The maximum atomic E-state index is 2.34. The third-order valence-corrected chi connectivity index (χ3v) is 1.39. The Kier molecular flexibility index (Phi) is 5.96. The van der Waals surface area contributed by atoms with Crippen molar-refractivity contribution >= 4 is 22.6 Å². The molecule has 0 nitrogen and oxygen atoms in total. The highest BCUT2D eigenvalue weighted by Crippen LogP contribution is 2.24. The second-order valence-corrected chi connectivity index (χ2v) is 5.54. The Bertz CT molecular complexity index is 52.8. The van der Waals surface area contributed by atoms with E-state index in [2.05, 4.69) is 43.4 Å². The van der Waals surface area contributed by atoms with E-state index in [4.69, 9.17) is 0 Å². The predicted octanol–water partition coefficient (Wildman–Crippen LogP) is 3.64. The summed E-state index contributed by atoms with van der Waals surface area (Å²) in [6.07, 6.45) is 4.46. The maximum absolute atomic E-state index is 2.34. The second kappa shape index (κ2) is 5.51. The molecule has 0 unspecified atom stereocenters. The SMILES string of the molecule is CC(C)I.CC1CCC1. The van der Waals surface area contributed by atoms with Crippen LogP contribution in [-0.2, 0) is 0 Å². The summed E-state index contributed by atoms with van der Waals surface area (Å²) in [5.41, 5.74) is 0. The molecular formula is C8H17I. The van der Waals surface area contributed by atoms with E-state index in [1.54, 1.807) is 0 Å². The predicted molar refractivity (Wildman–Crippen MR) is 52.2 cm³/mol. The van der Waals surface area contributed by atoms with E-state index < -0.39 is 0 Å². The molecule has 1 aliphatic rings. The van der Waals surface area contributed by atoms with Gasteiger partial charge in [0.2, 0.25) is 0 Å². The van der Waals surface area contributed by atoms with Crippen molar-refractivity contribution in [2.24, 2.45) is 5.92 Å². The third kappa shape index (κ3) is 8.73. The zero-order valence-corrected chi connectivity index (χ0v) is 8.81. The molecule has 0 aromatic rings. The van der Waals surface area contributed by atoms with Crippen LogP contribution < -0.4 is 0 Å². The number of hydrogen-bond donors (Lipinski definition) is 0. The van der Waals surface area contributed by atoms with Crippen LogP contribution in [0.4, 0.5) is 0 Å². The van der Waals surface area contributed by atoms with Gasteiger partial charge >= 0.3 is 0 Å². The third-order valence-electron chi connectivity index (χ3n) is 1.39. The van der Waals surface area contributed by atoms with Gasteiger partial charge in [-0.25, -0.2) is 0 Å². The van der Waals surface area contributed by atoms with E-state index in [0.717, 1.165) is 9.84 Å². The first kappa shape index (κ1) is 9.73. The summed E-state index contributed by atoms with van der Waals surface area (Å²) in [4.78, 5) is 0. The Labute approximate surface area is 72.6 Å². The standard InChI is InChI=1S/C5H10.C3H7I/c1-5-3-2-4-5;1-3(2)4/h5H,2-4H2,1H3;3H,1-2H3. The molecule has 0 bridgehead atoms. The van der Waals surface area contributed by atoms with Crippen LogP contribution in [0.3, 0.4) is 0 Å². The number of alkyl halides is 1. The fourth-order valence-corrected chi connectivity index (χ4v) is 0.612. The van der Waals surface area contributed by atoms with Crippen LogP contribution in [0.2, 0.25) is 0 Å². The molecule has 0 heterocycles. The molecule has 0 aliphatic heterocycles. The Morgan fingerprint density at radius 3 is 1.56 bits per heavy atom. The molecule has 0 spiro atoms. The molecule has 0 saturated heterocycles. The zero-order valence-electron chi connectivity index (χ0n) is 6.65. The van der Waals surface area contributed by atoms with Crippen LogP contribution in [0.15, 0.2) is 0 Å². The van der Waals surface area contributed by atoms with Crippen molar-refractivity contribution in [3.63, 3.8) is 0 Å². The quantitative estimate of drug-likeness (QED) is 0.448. The van der Waals surface area contributed by atoms with E-state index in [0.29, 0.717) is 0 Å². The minimum absolute atomic E-state index is 0.803. The Morgan fingerprint density at radius 2 is 1.56 bits per heavy atom. The molecule has 1 fully saturated rings. The van der Waals surface area contributed by atoms with E-state index in [-0.39, 0.29) is 0 Å². The van der Waals surface area contributed by atoms with E-state index in [9.17, 15) is 0 Å². The van der Waals surface area contributed by atoms with Gasteiger partial charge in [-0.3, -0.25) is 0 Å². The summed E-state index contributed by atoms with van der Waals surface area (Å²) in [5, 5.41) is 0. The summed E-state index contributed by atoms with van der Waals surface area (Å²) < 4.78 is 0.803. The number of rotatable bonds is 0. The second-order valence-electron chi connectivity index (χ2n) is 3.05. The van der Waals surface area contributed by atoms with Crippen LogP contribution in [0.25, 0.3) is 0 Å². The van der Waals surface area contributed by atoms with Gasteiger partial charge in [0, 0.05) is 3.92 Å². The molecule has 0 aromatic heterocycles. The number of hydrogen-bond acceptors (Lipinski definition) is 0. The molecule has 56 valence electrons. The van der Waals surface area contributed by atoms with Gasteiger partial charge in [-0.1, -0.05) is 62.6 Å². The molecule has 0 atom stereocenters. The first-order valence-corrected chi connectivity index (χ1v) is 5.01. The van der Waals surface area contributed by atoms with Crippen molar-refractivity contribution in [1.82, 2.24) is 0 Å². The van der Waals surface area contributed by atoms with Gasteiger partial charge in [0.25, 0.3) is 0 Å². The first-order valence-electron chi connectivity index (χ1n) is 3.77. The monoisotopic (exact) mass is 240 g/mol. The molecule has 0 aromatic carbocycles. The lowest BCUT2D eigenvalue weighted by molar-refractivity contribution is 0.346. The molecule has 0 amide bonds. The maximum Gasteiger partial charge on any atom is 0.00530 e. The summed E-state index contributed by atoms with van der Waals surface area (Å²) in [5.74, 6) is 1.06. The summed E-state index contributed by atoms with van der Waals surface area (Å²) in [7, 11) is 0. The average Bonchev–Trinajstić information content (AvgIpc) is 1.59. The fraction of sp³-hybridized carbons (Fsp3) is 1.00. The van der Waals surface area contributed by atoms with E-state index in [1.165, 1.54) is 19.3 Å². The molecule has 1 aliphatic carbocycles. The smallest absolute Gasteiger partial charge is 0.00530 e. The van der Waals surface area contributed by atoms with Crippen LogP contribution >= 0.6 is 22.6 Å². The van der Waals surface area contributed by atoms with Crippen molar-refractivity contribution in [3.8, 4) is 0 Å². The molecule has 1 saturated carbocycles. The lowest BCUT2D eigenvalue weighted by Gasteiger charge is -2.18. The highest BCUT2D eigenvalue weighted by molar-refractivity contribution is 14.1. The van der Waals surface area contributed by atoms with Gasteiger partial charge in [0.05, 0.1) is 0 Å². The van der Waals surface area contributed by atoms with Crippen molar-refractivity contribution in [2.75, 3.05) is 0 Å². The molecule has 1 heteroatoms. The largest absolute Gasteiger partial charge is 0.0832 e. The molecule has 0 radical (unpaired) electrons. The lowest BCUT2D eigenvalue weighted by Crippen LogP contribution is -2.04. The van der Waals surface area contributed by atoms with E-state index >= 15 is 0 Å². The topological polar surface area (TPSA) is 0 Å². The minimum Gasteiger partial charge on any atom is -0.0832 e. The average molecular weight is 240 g/mol. The Balaban J connectivity index is 0.000000148. The number of halogens is 1. The fourth-order valence-electron chi connectivity index (χ4n) is 0.612. The molecule has 0 N–H and O–H groups in total. The highest BCUT2D eigenvalue weighted by atomic mass is 127. The van der Waals surface area contributed by atoms with Crippen LogP contribution in [-0.4, -0.2) is 3.92 Å². The molecule has 9 heavy (non-hydrogen) atoms. The van der Waals surface area contributed by atoms with Crippen molar-refractivity contribution < 1.29 is 0 Å². The van der Waals surface area contributed by atoms with Crippen LogP contribution in [0, 0.1) is 5.92 Å². The minimum atomic E-state index is 0.803. The molecular weight excluding hydrogens is 223 g/mol. The van der Waals surface area contributed by atoms with Gasteiger partial charge in [-0.2, -0.15) is 0 Å². The molecule has 1 rings (SSSR count). The van der Waals surface area contributed by atoms with Crippen molar-refractivity contribution in [2.45, 2.75) is 44.0 Å². The first-order chi connectivity index (χ1) is 4.13. The van der Waals surface area contributed by atoms with Crippen LogP contribution in [0.5, 0.6) is 0 Å². The van der Waals surface area contributed by atoms with E-state index in [1.807, 2.05) is 0 Å². The van der Waals surface area contributed by atoms with Crippen molar-refractivity contribution in [1.29, 1.82) is 0 Å². The summed E-state index contributed by atoms with van der Waals surface area (Å²) >= 11 is 2.34. The van der Waals surface area contributed by atoms with Gasteiger partial charge in [-0.05, 0) is 5.92 Å². The van der Waals surface area contributed by atoms with Gasteiger partial charge in [0.15, 0.2) is 0 Å².